The zero-order valence-electron chi connectivity index (χ0n) is 17.4. The first kappa shape index (κ1) is 20.7. The van der Waals surface area contributed by atoms with Crippen LogP contribution >= 0.6 is 0 Å². The highest BCUT2D eigenvalue weighted by Crippen LogP contribution is 2.39. The lowest BCUT2D eigenvalue weighted by molar-refractivity contribution is 0.392. The molecule has 1 aliphatic carbocycles. The summed E-state index contributed by atoms with van der Waals surface area (Å²) in [6.45, 7) is 6.47. The first-order valence-corrected chi connectivity index (χ1v) is 11.8. The van der Waals surface area contributed by atoms with Crippen molar-refractivity contribution in [2.75, 3.05) is 6.26 Å². The third-order valence-corrected chi connectivity index (χ3v) is 6.04. The number of sulfone groups is 1. The minimum absolute atomic E-state index is 0.0246. The predicted molar refractivity (Wildman–Crippen MR) is 111 cm³/mol. The summed E-state index contributed by atoms with van der Waals surface area (Å²) >= 11 is 0. The predicted octanol–water partition coefficient (Wildman–Crippen LogP) is 2.85. The van der Waals surface area contributed by atoms with Crippen LogP contribution in [0.4, 0.5) is 0 Å². The van der Waals surface area contributed by atoms with Crippen LogP contribution in [-0.2, 0) is 41.9 Å². The standard InChI is InChI=1S/C21H29N3O3S/c1-6-7-8-14-11-22-18(13-28(5,26)27)23-19(14)17-12-24(4)20(25)16-10-21(2,3)9-15(16)17/h11-12H,6-10,13H2,1-5H3. The lowest BCUT2D eigenvalue weighted by atomic mass is 9.89. The molecule has 7 heteroatoms. The Morgan fingerprint density at radius 3 is 2.54 bits per heavy atom. The Balaban J connectivity index is 2.22. The van der Waals surface area contributed by atoms with Gasteiger partial charge in [0.1, 0.15) is 11.6 Å². The Labute approximate surface area is 167 Å². The zero-order chi connectivity index (χ0) is 20.7. The van der Waals surface area contributed by atoms with Gasteiger partial charge in [0.15, 0.2) is 9.84 Å². The fourth-order valence-corrected chi connectivity index (χ4v) is 4.58. The highest BCUT2D eigenvalue weighted by Gasteiger charge is 2.34. The van der Waals surface area contributed by atoms with Crippen molar-refractivity contribution >= 4 is 9.84 Å². The van der Waals surface area contributed by atoms with E-state index in [0.717, 1.165) is 60.1 Å². The van der Waals surface area contributed by atoms with Crippen molar-refractivity contribution in [2.45, 2.75) is 58.6 Å². The van der Waals surface area contributed by atoms with Gasteiger partial charge in [-0.1, -0.05) is 27.2 Å². The van der Waals surface area contributed by atoms with Gasteiger partial charge in [-0.15, -0.1) is 0 Å². The molecule has 1 aliphatic rings. The second kappa shape index (κ2) is 7.43. The van der Waals surface area contributed by atoms with Crippen molar-refractivity contribution in [1.82, 2.24) is 14.5 Å². The molecule has 0 aliphatic heterocycles. The summed E-state index contributed by atoms with van der Waals surface area (Å²) in [4.78, 5) is 21.7. The van der Waals surface area contributed by atoms with Gasteiger partial charge < -0.3 is 4.57 Å². The quantitative estimate of drug-likeness (QED) is 0.741. The number of unbranched alkanes of at least 4 members (excludes halogenated alkanes) is 1. The van der Waals surface area contributed by atoms with E-state index in [1.807, 2.05) is 6.20 Å². The molecule has 2 heterocycles. The van der Waals surface area contributed by atoms with Crippen LogP contribution in [0.5, 0.6) is 0 Å². The minimum atomic E-state index is -3.23. The Morgan fingerprint density at radius 2 is 1.89 bits per heavy atom. The molecule has 0 spiro atoms. The van der Waals surface area contributed by atoms with E-state index in [1.54, 1.807) is 17.8 Å². The number of nitrogens with zero attached hydrogens (tertiary/aromatic N) is 3. The smallest absolute Gasteiger partial charge is 0.253 e. The number of hydrogen-bond donors (Lipinski definition) is 0. The van der Waals surface area contributed by atoms with Crippen molar-refractivity contribution in [2.24, 2.45) is 12.5 Å². The Kier molecular flexibility index (Phi) is 5.49. The molecule has 0 aromatic carbocycles. The third kappa shape index (κ3) is 4.35. The van der Waals surface area contributed by atoms with Gasteiger partial charge in [0.05, 0.1) is 5.69 Å². The molecule has 3 rings (SSSR count). The number of hydrogen-bond acceptors (Lipinski definition) is 5. The number of aromatic nitrogens is 3. The normalized spacial score (nSPS) is 15.6. The van der Waals surface area contributed by atoms with Crippen molar-refractivity contribution in [3.05, 3.63) is 45.3 Å². The van der Waals surface area contributed by atoms with Crippen LogP contribution in [0.15, 0.2) is 17.2 Å². The van der Waals surface area contributed by atoms with E-state index < -0.39 is 9.84 Å². The van der Waals surface area contributed by atoms with Crippen molar-refractivity contribution in [3.8, 4) is 11.3 Å². The largest absolute Gasteiger partial charge is 0.318 e. The molecule has 2 aromatic rings. The molecular weight excluding hydrogens is 374 g/mol. The van der Waals surface area contributed by atoms with E-state index in [9.17, 15) is 13.2 Å². The van der Waals surface area contributed by atoms with E-state index in [1.165, 1.54) is 6.26 Å². The second-order valence-corrected chi connectivity index (χ2v) is 10.9. The van der Waals surface area contributed by atoms with Crippen LogP contribution in [0.1, 0.15) is 56.1 Å². The average molecular weight is 404 g/mol. The summed E-state index contributed by atoms with van der Waals surface area (Å²) < 4.78 is 25.1. The molecule has 0 unspecified atom stereocenters. The first-order valence-electron chi connectivity index (χ1n) is 9.75. The number of pyridine rings is 1. The maximum Gasteiger partial charge on any atom is 0.253 e. The van der Waals surface area contributed by atoms with E-state index in [4.69, 9.17) is 0 Å². The summed E-state index contributed by atoms with van der Waals surface area (Å²) in [5.74, 6) is 0.116. The molecule has 6 nitrogen and oxygen atoms in total. The van der Waals surface area contributed by atoms with Crippen LogP contribution in [0, 0.1) is 5.41 Å². The van der Waals surface area contributed by atoms with Crippen LogP contribution < -0.4 is 5.56 Å². The van der Waals surface area contributed by atoms with E-state index in [2.05, 4.69) is 30.7 Å². The molecular formula is C21H29N3O3S. The van der Waals surface area contributed by atoms with Gasteiger partial charge in [0.2, 0.25) is 0 Å². The fraction of sp³-hybridized carbons (Fsp3) is 0.571. The van der Waals surface area contributed by atoms with Gasteiger partial charge in [-0.2, -0.15) is 0 Å². The van der Waals surface area contributed by atoms with Gasteiger partial charge in [0.25, 0.3) is 5.56 Å². The molecule has 0 saturated carbocycles. The van der Waals surface area contributed by atoms with E-state index >= 15 is 0 Å². The van der Waals surface area contributed by atoms with E-state index in [-0.39, 0.29) is 16.7 Å². The lowest BCUT2D eigenvalue weighted by Crippen LogP contribution is -2.22. The Hall–Kier alpha value is -2.02. The molecule has 0 amide bonds. The van der Waals surface area contributed by atoms with Gasteiger partial charge >= 0.3 is 0 Å². The number of rotatable bonds is 6. The van der Waals surface area contributed by atoms with Gasteiger partial charge in [-0.05, 0) is 42.2 Å². The summed E-state index contributed by atoms with van der Waals surface area (Å²) in [6, 6.07) is 0. The molecule has 0 saturated heterocycles. The monoisotopic (exact) mass is 403 g/mol. The molecule has 2 aromatic heterocycles. The highest BCUT2D eigenvalue weighted by molar-refractivity contribution is 7.89. The zero-order valence-corrected chi connectivity index (χ0v) is 18.2. The van der Waals surface area contributed by atoms with Crippen LogP contribution in [0.25, 0.3) is 11.3 Å². The summed E-state index contributed by atoms with van der Waals surface area (Å²) in [5.41, 5.74) is 4.69. The summed E-state index contributed by atoms with van der Waals surface area (Å²) in [5, 5.41) is 0. The number of aryl methyl sites for hydroxylation is 2. The molecule has 0 N–H and O–H groups in total. The van der Waals surface area contributed by atoms with Crippen LogP contribution in [-0.4, -0.2) is 29.2 Å². The maximum atomic E-state index is 12.7. The van der Waals surface area contributed by atoms with Gasteiger partial charge in [-0.25, -0.2) is 18.4 Å². The maximum absolute atomic E-state index is 12.7. The average Bonchev–Trinajstić information content (AvgIpc) is 2.91. The molecule has 28 heavy (non-hydrogen) atoms. The van der Waals surface area contributed by atoms with Crippen molar-refractivity contribution in [3.63, 3.8) is 0 Å². The minimum Gasteiger partial charge on any atom is -0.318 e. The molecule has 0 radical (unpaired) electrons. The highest BCUT2D eigenvalue weighted by atomic mass is 32.2. The van der Waals surface area contributed by atoms with Crippen molar-refractivity contribution in [1.29, 1.82) is 0 Å². The van der Waals surface area contributed by atoms with Gasteiger partial charge in [0, 0.05) is 36.8 Å². The molecule has 152 valence electrons. The molecule has 0 fully saturated rings. The SMILES string of the molecule is CCCCc1cnc(CS(C)(=O)=O)nc1-c1cn(C)c(=O)c2c1CC(C)(C)C2. The fourth-order valence-electron chi connectivity index (χ4n) is 3.97. The van der Waals surface area contributed by atoms with Crippen LogP contribution in [0.3, 0.4) is 0 Å². The number of fused-ring (bicyclic) bond motifs is 1. The summed E-state index contributed by atoms with van der Waals surface area (Å²) in [7, 11) is -1.47. The topological polar surface area (TPSA) is 81.9 Å². The Morgan fingerprint density at radius 1 is 1.21 bits per heavy atom. The van der Waals surface area contributed by atoms with E-state index in [0.29, 0.717) is 5.82 Å². The first-order chi connectivity index (χ1) is 13.0. The molecule has 0 atom stereocenters. The summed E-state index contributed by atoms with van der Waals surface area (Å²) in [6.07, 6.45) is 9.23. The van der Waals surface area contributed by atoms with Gasteiger partial charge in [-0.3, -0.25) is 4.79 Å². The van der Waals surface area contributed by atoms with Crippen molar-refractivity contribution < 1.29 is 8.42 Å². The Bertz CT molecular complexity index is 1070. The lowest BCUT2D eigenvalue weighted by Gasteiger charge is -2.16. The van der Waals surface area contributed by atoms with Crippen LogP contribution in [0.2, 0.25) is 0 Å². The molecule has 0 bridgehead atoms. The third-order valence-electron chi connectivity index (χ3n) is 5.26. The second-order valence-electron chi connectivity index (χ2n) is 8.77.